The van der Waals surface area contributed by atoms with Gasteiger partial charge in [-0.25, -0.2) is 0 Å². The molecule has 0 bridgehead atoms. The number of nitrogens with one attached hydrogen (secondary N) is 1. The summed E-state index contributed by atoms with van der Waals surface area (Å²) in [6.07, 6.45) is 2.48. The van der Waals surface area contributed by atoms with Crippen LogP contribution in [-0.4, -0.2) is 17.3 Å². The SMILES string of the molecule is OC1CCCC1Nc1cc(Cl)c(Cl)cc1Cl. The molecule has 0 spiro atoms. The quantitative estimate of drug-likeness (QED) is 0.803. The van der Waals surface area contributed by atoms with Gasteiger partial charge in [-0.05, 0) is 31.4 Å². The zero-order valence-corrected chi connectivity index (χ0v) is 10.8. The largest absolute Gasteiger partial charge is 0.391 e. The Morgan fingerprint density at radius 2 is 1.75 bits per heavy atom. The molecule has 0 aromatic heterocycles. The molecule has 1 aromatic carbocycles. The Bertz CT molecular complexity index is 397. The van der Waals surface area contributed by atoms with Crippen LogP contribution in [0.5, 0.6) is 0 Å². The van der Waals surface area contributed by atoms with Crippen LogP contribution in [0.2, 0.25) is 15.1 Å². The van der Waals surface area contributed by atoms with Crippen LogP contribution in [0.4, 0.5) is 5.69 Å². The third kappa shape index (κ3) is 2.57. The monoisotopic (exact) mass is 279 g/mol. The smallest absolute Gasteiger partial charge is 0.0741 e. The minimum atomic E-state index is -0.314. The summed E-state index contributed by atoms with van der Waals surface area (Å²) in [6.45, 7) is 0. The van der Waals surface area contributed by atoms with E-state index in [1.807, 2.05) is 0 Å². The van der Waals surface area contributed by atoms with Gasteiger partial charge in [-0.2, -0.15) is 0 Å². The summed E-state index contributed by atoms with van der Waals surface area (Å²) in [5.41, 5.74) is 0.724. The second-order valence-corrected chi connectivity index (χ2v) is 5.22. The highest BCUT2D eigenvalue weighted by atomic mass is 35.5. The zero-order chi connectivity index (χ0) is 11.7. The molecule has 1 aliphatic rings. The van der Waals surface area contributed by atoms with E-state index in [-0.39, 0.29) is 12.1 Å². The van der Waals surface area contributed by atoms with Gasteiger partial charge in [0.05, 0.1) is 32.9 Å². The van der Waals surface area contributed by atoms with Crippen LogP contribution >= 0.6 is 34.8 Å². The van der Waals surface area contributed by atoms with Crippen molar-refractivity contribution in [1.29, 1.82) is 0 Å². The third-order valence-electron chi connectivity index (χ3n) is 2.83. The first-order valence-corrected chi connectivity index (χ1v) is 6.30. The summed E-state index contributed by atoms with van der Waals surface area (Å²) in [7, 11) is 0. The minimum absolute atomic E-state index is 0.0507. The molecule has 1 aromatic rings. The van der Waals surface area contributed by atoms with E-state index < -0.39 is 0 Å². The first kappa shape index (κ1) is 12.3. The van der Waals surface area contributed by atoms with E-state index in [1.54, 1.807) is 12.1 Å². The number of rotatable bonds is 2. The zero-order valence-electron chi connectivity index (χ0n) is 8.51. The number of anilines is 1. The lowest BCUT2D eigenvalue weighted by Crippen LogP contribution is -2.27. The molecule has 1 saturated carbocycles. The van der Waals surface area contributed by atoms with E-state index in [1.165, 1.54) is 0 Å². The molecule has 88 valence electrons. The predicted molar refractivity (Wildman–Crippen MR) is 68.7 cm³/mol. The second kappa shape index (κ2) is 5.01. The summed E-state index contributed by atoms with van der Waals surface area (Å²) in [5.74, 6) is 0. The van der Waals surface area contributed by atoms with E-state index in [0.29, 0.717) is 15.1 Å². The highest BCUT2D eigenvalue weighted by Crippen LogP contribution is 2.34. The van der Waals surface area contributed by atoms with Crippen LogP contribution in [0.3, 0.4) is 0 Å². The molecular weight excluding hydrogens is 268 g/mol. The third-order valence-corrected chi connectivity index (χ3v) is 3.87. The topological polar surface area (TPSA) is 32.3 Å². The number of aliphatic hydroxyl groups excluding tert-OH is 1. The van der Waals surface area contributed by atoms with Gasteiger partial charge < -0.3 is 10.4 Å². The Kier molecular flexibility index (Phi) is 3.85. The fourth-order valence-electron chi connectivity index (χ4n) is 1.94. The van der Waals surface area contributed by atoms with Gasteiger partial charge in [0, 0.05) is 0 Å². The van der Waals surface area contributed by atoms with Crippen molar-refractivity contribution in [2.24, 2.45) is 0 Å². The number of halogens is 3. The maximum Gasteiger partial charge on any atom is 0.0741 e. The van der Waals surface area contributed by atoms with Gasteiger partial charge in [-0.15, -0.1) is 0 Å². The lowest BCUT2D eigenvalue weighted by molar-refractivity contribution is 0.172. The summed E-state index contributed by atoms with van der Waals surface area (Å²) in [4.78, 5) is 0. The number of aliphatic hydroxyl groups is 1. The van der Waals surface area contributed by atoms with Gasteiger partial charge >= 0.3 is 0 Å². The van der Waals surface area contributed by atoms with E-state index in [0.717, 1.165) is 24.9 Å². The molecule has 2 nitrogen and oxygen atoms in total. The van der Waals surface area contributed by atoms with Gasteiger partial charge in [0.2, 0.25) is 0 Å². The Hall–Kier alpha value is -0.150. The number of hydrogen-bond acceptors (Lipinski definition) is 2. The van der Waals surface area contributed by atoms with Gasteiger partial charge in [-0.1, -0.05) is 34.8 Å². The highest BCUT2D eigenvalue weighted by molar-refractivity contribution is 6.44. The van der Waals surface area contributed by atoms with Crippen molar-refractivity contribution in [3.05, 3.63) is 27.2 Å². The van der Waals surface area contributed by atoms with Crippen molar-refractivity contribution in [2.75, 3.05) is 5.32 Å². The van der Waals surface area contributed by atoms with Gasteiger partial charge in [0.15, 0.2) is 0 Å². The predicted octanol–water partition coefficient (Wildman–Crippen LogP) is 3.97. The van der Waals surface area contributed by atoms with E-state index >= 15 is 0 Å². The standard InChI is InChI=1S/C11H12Cl3NO/c12-6-4-8(14)10(5-7(6)13)15-9-2-1-3-11(9)16/h4-5,9,11,15-16H,1-3H2. The van der Waals surface area contributed by atoms with Gasteiger partial charge in [0.1, 0.15) is 0 Å². The highest BCUT2D eigenvalue weighted by Gasteiger charge is 2.25. The lowest BCUT2D eigenvalue weighted by Gasteiger charge is -2.19. The fourth-order valence-corrected chi connectivity index (χ4v) is 2.54. The van der Waals surface area contributed by atoms with Crippen molar-refractivity contribution in [3.8, 4) is 0 Å². The molecule has 2 atom stereocenters. The molecule has 2 rings (SSSR count). The number of hydrogen-bond donors (Lipinski definition) is 2. The summed E-state index contributed by atoms with van der Waals surface area (Å²) in [6, 6.07) is 3.35. The van der Waals surface area contributed by atoms with Crippen molar-refractivity contribution in [2.45, 2.75) is 31.4 Å². The Morgan fingerprint density at radius 3 is 2.38 bits per heavy atom. The van der Waals surface area contributed by atoms with Crippen LogP contribution in [0, 0.1) is 0 Å². The normalized spacial score (nSPS) is 24.8. The average Bonchev–Trinajstić information content (AvgIpc) is 2.61. The average molecular weight is 281 g/mol. The first-order valence-electron chi connectivity index (χ1n) is 5.17. The van der Waals surface area contributed by atoms with Gasteiger partial charge in [0.25, 0.3) is 0 Å². The molecule has 0 amide bonds. The molecule has 5 heteroatoms. The van der Waals surface area contributed by atoms with Crippen molar-refractivity contribution >= 4 is 40.5 Å². The molecule has 1 fully saturated rings. The maximum absolute atomic E-state index is 9.70. The summed E-state index contributed by atoms with van der Waals surface area (Å²) < 4.78 is 0. The molecule has 0 radical (unpaired) electrons. The molecular formula is C11H12Cl3NO. The first-order chi connectivity index (χ1) is 7.58. The summed E-state index contributed by atoms with van der Waals surface area (Å²) >= 11 is 17.8. The van der Waals surface area contributed by atoms with Crippen LogP contribution in [-0.2, 0) is 0 Å². The Morgan fingerprint density at radius 1 is 1.06 bits per heavy atom. The van der Waals surface area contributed by atoms with Crippen molar-refractivity contribution in [1.82, 2.24) is 0 Å². The van der Waals surface area contributed by atoms with E-state index in [2.05, 4.69) is 5.32 Å². The molecule has 16 heavy (non-hydrogen) atoms. The van der Waals surface area contributed by atoms with Crippen LogP contribution in [0.1, 0.15) is 19.3 Å². The molecule has 2 unspecified atom stereocenters. The van der Waals surface area contributed by atoms with Crippen LogP contribution < -0.4 is 5.32 Å². The van der Waals surface area contributed by atoms with Gasteiger partial charge in [-0.3, -0.25) is 0 Å². The lowest BCUT2D eigenvalue weighted by atomic mass is 10.2. The minimum Gasteiger partial charge on any atom is -0.391 e. The molecule has 0 aliphatic heterocycles. The molecule has 1 aliphatic carbocycles. The fraction of sp³-hybridized carbons (Fsp3) is 0.455. The molecule has 0 heterocycles. The Balaban J connectivity index is 2.18. The van der Waals surface area contributed by atoms with Crippen molar-refractivity contribution < 1.29 is 5.11 Å². The maximum atomic E-state index is 9.70. The summed E-state index contributed by atoms with van der Waals surface area (Å²) in [5, 5.41) is 14.3. The van der Waals surface area contributed by atoms with E-state index in [4.69, 9.17) is 34.8 Å². The molecule has 0 saturated heterocycles. The van der Waals surface area contributed by atoms with Crippen molar-refractivity contribution in [3.63, 3.8) is 0 Å². The second-order valence-electron chi connectivity index (χ2n) is 4.00. The van der Waals surface area contributed by atoms with Crippen LogP contribution in [0.25, 0.3) is 0 Å². The number of benzene rings is 1. The van der Waals surface area contributed by atoms with E-state index in [9.17, 15) is 5.11 Å². The molecule has 2 N–H and O–H groups in total. The Labute approximate surface area is 110 Å². The van der Waals surface area contributed by atoms with Crippen LogP contribution in [0.15, 0.2) is 12.1 Å².